The number of nitrogens with one attached hydrogen (secondary N) is 2. The number of anilines is 1. The van der Waals surface area contributed by atoms with Crippen molar-refractivity contribution in [3.05, 3.63) is 28.3 Å². The Morgan fingerprint density at radius 1 is 1.50 bits per heavy atom. The molecule has 110 valence electrons. The predicted octanol–water partition coefficient (Wildman–Crippen LogP) is 1.93. The van der Waals surface area contributed by atoms with Gasteiger partial charge in [-0.2, -0.15) is 0 Å². The molecule has 0 aromatic heterocycles. The number of rotatable bonds is 7. The quantitative estimate of drug-likeness (QED) is 0.344. The smallest absolute Gasteiger partial charge is 0.296 e. The van der Waals surface area contributed by atoms with Crippen LogP contribution in [0.2, 0.25) is 0 Å². The van der Waals surface area contributed by atoms with Crippen LogP contribution in [0.5, 0.6) is 5.75 Å². The van der Waals surface area contributed by atoms with Crippen LogP contribution in [-0.2, 0) is 4.74 Å². The summed E-state index contributed by atoms with van der Waals surface area (Å²) in [6.45, 7) is 3.27. The first-order valence-electron chi connectivity index (χ1n) is 6.03. The highest BCUT2D eigenvalue weighted by Crippen LogP contribution is 2.29. The Labute approximate surface area is 122 Å². The lowest BCUT2D eigenvalue weighted by Gasteiger charge is -2.11. The Bertz CT molecular complexity index is 482. The molecule has 0 aliphatic rings. The minimum absolute atomic E-state index is 0.0909. The van der Waals surface area contributed by atoms with Crippen LogP contribution in [0.1, 0.15) is 6.92 Å². The average molecular weight is 299 g/mol. The van der Waals surface area contributed by atoms with Crippen LogP contribution in [0.25, 0.3) is 0 Å². The summed E-state index contributed by atoms with van der Waals surface area (Å²) in [5.74, 6) is 0.447. The van der Waals surface area contributed by atoms with E-state index in [1.807, 2.05) is 6.92 Å². The third kappa shape index (κ3) is 4.98. The molecule has 0 atom stereocenters. The van der Waals surface area contributed by atoms with Gasteiger partial charge in [0.25, 0.3) is 5.69 Å². The second-order valence-electron chi connectivity index (χ2n) is 3.74. The van der Waals surface area contributed by atoms with Gasteiger partial charge in [0.2, 0.25) is 0 Å². The van der Waals surface area contributed by atoms with E-state index in [1.54, 1.807) is 19.2 Å². The molecule has 7 nitrogen and oxygen atoms in total. The highest BCUT2D eigenvalue weighted by molar-refractivity contribution is 7.80. The molecule has 1 aromatic rings. The van der Waals surface area contributed by atoms with Gasteiger partial charge in [-0.05, 0) is 31.3 Å². The molecule has 8 heteroatoms. The summed E-state index contributed by atoms with van der Waals surface area (Å²) < 4.78 is 10.1. The van der Waals surface area contributed by atoms with Crippen molar-refractivity contribution >= 4 is 28.7 Å². The molecule has 1 aromatic carbocycles. The predicted molar refractivity (Wildman–Crippen MR) is 80.4 cm³/mol. The Morgan fingerprint density at radius 2 is 2.25 bits per heavy atom. The van der Waals surface area contributed by atoms with Gasteiger partial charge >= 0.3 is 0 Å². The van der Waals surface area contributed by atoms with Crippen molar-refractivity contribution in [3.63, 3.8) is 0 Å². The van der Waals surface area contributed by atoms with Gasteiger partial charge < -0.3 is 20.1 Å². The van der Waals surface area contributed by atoms with Crippen LogP contribution in [0.15, 0.2) is 18.2 Å². The molecule has 0 fully saturated rings. The molecule has 0 amide bonds. The van der Waals surface area contributed by atoms with E-state index in [2.05, 4.69) is 10.6 Å². The zero-order chi connectivity index (χ0) is 15.0. The minimum Gasteiger partial charge on any atom is -0.494 e. The lowest BCUT2D eigenvalue weighted by atomic mass is 10.2. The molecule has 0 saturated carbocycles. The number of ether oxygens (including phenoxy) is 2. The van der Waals surface area contributed by atoms with Gasteiger partial charge in [-0.1, -0.05) is 0 Å². The summed E-state index contributed by atoms with van der Waals surface area (Å²) in [7, 11) is 1.58. The van der Waals surface area contributed by atoms with Gasteiger partial charge in [-0.3, -0.25) is 10.1 Å². The van der Waals surface area contributed by atoms with Gasteiger partial charge in [-0.15, -0.1) is 0 Å². The molecule has 2 N–H and O–H groups in total. The fraction of sp³-hybridized carbons (Fsp3) is 0.417. The fourth-order valence-corrected chi connectivity index (χ4v) is 1.67. The number of thiocarbonyl (C=S) groups is 1. The van der Waals surface area contributed by atoms with E-state index in [9.17, 15) is 10.1 Å². The lowest BCUT2D eigenvalue weighted by molar-refractivity contribution is -0.384. The fourth-order valence-electron chi connectivity index (χ4n) is 1.46. The van der Waals surface area contributed by atoms with Crippen molar-refractivity contribution < 1.29 is 14.4 Å². The van der Waals surface area contributed by atoms with E-state index in [1.165, 1.54) is 6.07 Å². The second kappa shape index (κ2) is 8.28. The van der Waals surface area contributed by atoms with Crippen LogP contribution < -0.4 is 15.4 Å². The third-order valence-electron chi connectivity index (χ3n) is 2.32. The van der Waals surface area contributed by atoms with Gasteiger partial charge in [0.1, 0.15) is 11.4 Å². The summed E-state index contributed by atoms with van der Waals surface area (Å²) in [5, 5.41) is 17.0. The van der Waals surface area contributed by atoms with Crippen molar-refractivity contribution in [1.82, 2.24) is 5.32 Å². The molecule has 0 aliphatic heterocycles. The first kappa shape index (κ1) is 16.1. The van der Waals surface area contributed by atoms with Crippen molar-refractivity contribution in [1.29, 1.82) is 0 Å². The van der Waals surface area contributed by atoms with Crippen LogP contribution in [0.3, 0.4) is 0 Å². The summed E-state index contributed by atoms with van der Waals surface area (Å²) in [4.78, 5) is 10.6. The largest absolute Gasteiger partial charge is 0.494 e. The van der Waals surface area contributed by atoms with Crippen molar-refractivity contribution in [3.8, 4) is 5.75 Å². The second-order valence-corrected chi connectivity index (χ2v) is 4.15. The molecule has 1 rings (SSSR count). The molecule has 0 aliphatic carbocycles. The van der Waals surface area contributed by atoms with Gasteiger partial charge in [0.15, 0.2) is 5.11 Å². The normalized spacial score (nSPS) is 9.90. The third-order valence-corrected chi connectivity index (χ3v) is 2.56. The molecular formula is C12H17N3O4S. The number of hydrogen-bond donors (Lipinski definition) is 2. The first-order chi connectivity index (χ1) is 9.58. The number of nitro groups is 1. The highest BCUT2D eigenvalue weighted by atomic mass is 32.1. The van der Waals surface area contributed by atoms with E-state index in [0.717, 1.165) is 0 Å². The molecule has 0 saturated heterocycles. The minimum atomic E-state index is -0.484. The number of nitro benzene ring substituents is 1. The monoisotopic (exact) mass is 299 g/mol. The summed E-state index contributed by atoms with van der Waals surface area (Å²) in [6, 6.07) is 4.58. The SMILES string of the molecule is CCOc1ccc(NC(=S)NCCOC)c([N+](=O)[O-])c1. The molecule has 0 bridgehead atoms. The summed E-state index contributed by atoms with van der Waals surface area (Å²) in [5.41, 5.74) is 0.222. The van der Waals surface area contributed by atoms with Crippen LogP contribution >= 0.6 is 12.2 Å². The number of hydrogen-bond acceptors (Lipinski definition) is 5. The van der Waals surface area contributed by atoms with E-state index in [-0.39, 0.29) is 5.69 Å². The summed E-state index contributed by atoms with van der Waals surface area (Å²) >= 11 is 5.05. The number of nitrogens with zero attached hydrogens (tertiary/aromatic N) is 1. The zero-order valence-corrected chi connectivity index (χ0v) is 12.2. The maximum atomic E-state index is 11.0. The van der Waals surface area contributed by atoms with Crippen LogP contribution in [-0.4, -0.2) is 36.9 Å². The Hall–Kier alpha value is -1.93. The molecule has 0 radical (unpaired) electrons. The Balaban J connectivity index is 2.78. The van der Waals surface area contributed by atoms with Gasteiger partial charge in [0.05, 0.1) is 24.2 Å². The maximum Gasteiger partial charge on any atom is 0.296 e. The maximum absolute atomic E-state index is 11.0. The Morgan fingerprint density at radius 3 is 2.85 bits per heavy atom. The van der Waals surface area contributed by atoms with E-state index in [0.29, 0.717) is 36.3 Å². The van der Waals surface area contributed by atoms with Crippen molar-refractivity contribution in [2.45, 2.75) is 6.92 Å². The first-order valence-corrected chi connectivity index (χ1v) is 6.44. The number of methoxy groups -OCH3 is 1. The van der Waals surface area contributed by atoms with Crippen LogP contribution in [0.4, 0.5) is 11.4 Å². The molecular weight excluding hydrogens is 282 g/mol. The Kier molecular flexibility index (Phi) is 6.68. The molecule has 0 heterocycles. The topological polar surface area (TPSA) is 85.7 Å². The van der Waals surface area contributed by atoms with E-state index >= 15 is 0 Å². The zero-order valence-electron chi connectivity index (χ0n) is 11.3. The van der Waals surface area contributed by atoms with E-state index in [4.69, 9.17) is 21.7 Å². The van der Waals surface area contributed by atoms with Gasteiger partial charge in [-0.25, -0.2) is 0 Å². The molecule has 20 heavy (non-hydrogen) atoms. The van der Waals surface area contributed by atoms with Crippen molar-refractivity contribution in [2.24, 2.45) is 0 Å². The highest BCUT2D eigenvalue weighted by Gasteiger charge is 2.16. The van der Waals surface area contributed by atoms with Gasteiger partial charge in [0, 0.05) is 13.7 Å². The van der Waals surface area contributed by atoms with E-state index < -0.39 is 4.92 Å². The molecule has 0 spiro atoms. The van der Waals surface area contributed by atoms with Crippen LogP contribution in [0, 0.1) is 10.1 Å². The average Bonchev–Trinajstić information content (AvgIpc) is 2.41. The number of benzene rings is 1. The lowest BCUT2D eigenvalue weighted by Crippen LogP contribution is -2.31. The summed E-state index contributed by atoms with van der Waals surface area (Å²) in [6.07, 6.45) is 0. The molecule has 0 unspecified atom stereocenters. The standard InChI is InChI=1S/C12H17N3O4S/c1-3-19-9-4-5-10(11(8-9)15(16)17)14-12(20)13-6-7-18-2/h4-5,8H,3,6-7H2,1-2H3,(H2,13,14,20). The van der Waals surface area contributed by atoms with Crippen molar-refractivity contribution in [2.75, 3.05) is 32.2 Å².